The Balaban J connectivity index is 2.19. The topological polar surface area (TPSA) is 33.6 Å². The van der Waals surface area contributed by atoms with Crippen LogP contribution in [0.3, 0.4) is 0 Å². The summed E-state index contributed by atoms with van der Waals surface area (Å²) in [5, 5.41) is 0. The van der Waals surface area contributed by atoms with Crippen molar-refractivity contribution in [2.24, 2.45) is 0 Å². The Morgan fingerprint density at radius 3 is 2.88 bits per heavy atom. The normalized spacial score (nSPS) is 12.2. The van der Waals surface area contributed by atoms with Gasteiger partial charge in [0.2, 0.25) is 0 Å². The van der Waals surface area contributed by atoms with Gasteiger partial charge in [-0.1, -0.05) is 0 Å². The van der Waals surface area contributed by atoms with Crippen molar-refractivity contribution in [3.05, 3.63) is 23.1 Å². The van der Waals surface area contributed by atoms with E-state index in [1.54, 1.807) is 22.9 Å². The van der Waals surface area contributed by atoms with Crippen molar-refractivity contribution in [2.45, 2.75) is 25.6 Å². The van der Waals surface area contributed by atoms with E-state index in [9.17, 15) is 13.2 Å². The smallest absolute Gasteiger partial charge is 0.329 e. The molecule has 0 aliphatic rings. The van der Waals surface area contributed by atoms with Crippen molar-refractivity contribution < 1.29 is 13.2 Å². The molecule has 0 amide bonds. The molecule has 0 aliphatic heterocycles. The van der Waals surface area contributed by atoms with E-state index in [1.807, 2.05) is 0 Å². The molecule has 0 saturated carbocycles. The number of H-pyrrole nitrogens is 1. The number of aryl methyl sites for hydroxylation is 1. The standard InChI is InChI=1S/C10H10F3N3S/c11-10(12,13)4-2-6-16-8-7(15-9(16)17)3-1-5-14-8/h1,3,5H,2,4,6H2,(H,15,17). The van der Waals surface area contributed by atoms with Gasteiger partial charge in [0, 0.05) is 19.2 Å². The molecule has 0 bridgehead atoms. The third-order valence-corrected chi connectivity index (χ3v) is 2.69. The van der Waals surface area contributed by atoms with Crippen molar-refractivity contribution >= 4 is 23.4 Å². The number of aromatic nitrogens is 3. The predicted octanol–water partition coefficient (Wildman–Crippen LogP) is 3.44. The number of aromatic amines is 1. The molecule has 3 nitrogen and oxygen atoms in total. The molecule has 92 valence electrons. The summed E-state index contributed by atoms with van der Waals surface area (Å²) in [6.07, 6.45) is -3.34. The lowest BCUT2D eigenvalue weighted by Crippen LogP contribution is -2.09. The van der Waals surface area contributed by atoms with Crippen LogP contribution in [0.1, 0.15) is 12.8 Å². The largest absolute Gasteiger partial charge is 0.389 e. The quantitative estimate of drug-likeness (QED) is 0.859. The van der Waals surface area contributed by atoms with Crippen LogP contribution in [-0.2, 0) is 6.54 Å². The first-order valence-corrected chi connectivity index (χ1v) is 5.48. The average Bonchev–Trinajstić information content (AvgIpc) is 2.54. The van der Waals surface area contributed by atoms with Crippen LogP contribution >= 0.6 is 12.2 Å². The molecule has 2 rings (SSSR count). The Kier molecular flexibility index (Phi) is 3.19. The van der Waals surface area contributed by atoms with Gasteiger partial charge in [-0.25, -0.2) is 4.98 Å². The average molecular weight is 261 g/mol. The van der Waals surface area contributed by atoms with Crippen LogP contribution in [-0.4, -0.2) is 20.7 Å². The highest BCUT2D eigenvalue weighted by molar-refractivity contribution is 7.71. The van der Waals surface area contributed by atoms with Crippen LogP contribution in [0.25, 0.3) is 11.2 Å². The zero-order valence-corrected chi connectivity index (χ0v) is 9.61. The Hall–Kier alpha value is -1.37. The monoisotopic (exact) mass is 261 g/mol. The maximum absolute atomic E-state index is 12.0. The molecule has 0 saturated heterocycles. The first-order valence-electron chi connectivity index (χ1n) is 5.08. The molecule has 0 atom stereocenters. The third kappa shape index (κ3) is 2.85. The fraction of sp³-hybridized carbons (Fsp3) is 0.400. The van der Waals surface area contributed by atoms with E-state index in [1.165, 1.54) is 0 Å². The first kappa shape index (κ1) is 12.1. The van der Waals surface area contributed by atoms with E-state index in [0.29, 0.717) is 10.4 Å². The molecule has 0 aromatic carbocycles. The maximum atomic E-state index is 12.0. The van der Waals surface area contributed by atoms with Crippen LogP contribution in [0, 0.1) is 4.77 Å². The molecular weight excluding hydrogens is 251 g/mol. The van der Waals surface area contributed by atoms with Gasteiger partial charge in [0.15, 0.2) is 10.4 Å². The van der Waals surface area contributed by atoms with E-state index in [0.717, 1.165) is 5.52 Å². The predicted molar refractivity (Wildman–Crippen MR) is 60.2 cm³/mol. The summed E-state index contributed by atoms with van der Waals surface area (Å²) in [7, 11) is 0. The first-order chi connectivity index (χ1) is 7.97. The summed E-state index contributed by atoms with van der Waals surface area (Å²) in [6.45, 7) is 0.218. The molecule has 1 N–H and O–H groups in total. The highest BCUT2D eigenvalue weighted by Gasteiger charge is 2.26. The van der Waals surface area contributed by atoms with E-state index >= 15 is 0 Å². The number of rotatable bonds is 3. The van der Waals surface area contributed by atoms with Gasteiger partial charge in [-0.3, -0.25) is 0 Å². The van der Waals surface area contributed by atoms with Crippen LogP contribution < -0.4 is 0 Å². The summed E-state index contributed by atoms with van der Waals surface area (Å²) in [5.41, 5.74) is 1.34. The number of halogens is 3. The number of nitrogens with zero attached hydrogens (tertiary/aromatic N) is 2. The van der Waals surface area contributed by atoms with Gasteiger partial charge >= 0.3 is 6.18 Å². The Morgan fingerprint density at radius 1 is 1.41 bits per heavy atom. The maximum Gasteiger partial charge on any atom is 0.389 e. The Morgan fingerprint density at radius 2 is 2.18 bits per heavy atom. The number of alkyl halides is 3. The van der Waals surface area contributed by atoms with Crippen molar-refractivity contribution in [1.29, 1.82) is 0 Å². The zero-order valence-electron chi connectivity index (χ0n) is 8.79. The Bertz CT molecular complexity index is 570. The van der Waals surface area contributed by atoms with Gasteiger partial charge in [-0.05, 0) is 30.8 Å². The Labute approximate surface area is 100 Å². The van der Waals surface area contributed by atoms with Crippen LogP contribution in [0.15, 0.2) is 18.3 Å². The second kappa shape index (κ2) is 4.48. The number of hydrogen-bond acceptors (Lipinski definition) is 2. The molecule has 0 spiro atoms. The van der Waals surface area contributed by atoms with Gasteiger partial charge in [-0.2, -0.15) is 13.2 Å². The van der Waals surface area contributed by atoms with Crippen molar-refractivity contribution in [2.75, 3.05) is 0 Å². The second-order valence-corrected chi connectivity index (χ2v) is 4.06. The molecule has 17 heavy (non-hydrogen) atoms. The number of hydrogen-bond donors (Lipinski definition) is 1. The van der Waals surface area contributed by atoms with Gasteiger partial charge in [0.25, 0.3) is 0 Å². The highest BCUT2D eigenvalue weighted by atomic mass is 32.1. The van der Waals surface area contributed by atoms with Crippen molar-refractivity contribution in [1.82, 2.24) is 14.5 Å². The molecule has 2 aromatic rings. The van der Waals surface area contributed by atoms with E-state index in [2.05, 4.69) is 9.97 Å². The van der Waals surface area contributed by atoms with E-state index < -0.39 is 12.6 Å². The molecular formula is C10H10F3N3S. The summed E-state index contributed by atoms with van der Waals surface area (Å²) in [6, 6.07) is 3.53. The lowest BCUT2D eigenvalue weighted by atomic mass is 10.3. The fourth-order valence-corrected chi connectivity index (χ4v) is 1.92. The molecule has 2 aromatic heterocycles. The number of nitrogens with one attached hydrogen (secondary N) is 1. The zero-order chi connectivity index (χ0) is 12.5. The van der Waals surface area contributed by atoms with E-state index in [-0.39, 0.29) is 13.0 Å². The summed E-state index contributed by atoms with van der Waals surface area (Å²) in [4.78, 5) is 7.01. The van der Waals surface area contributed by atoms with E-state index in [4.69, 9.17) is 12.2 Å². The molecule has 7 heteroatoms. The second-order valence-electron chi connectivity index (χ2n) is 3.68. The lowest BCUT2D eigenvalue weighted by Gasteiger charge is -2.06. The molecule has 2 heterocycles. The highest BCUT2D eigenvalue weighted by Crippen LogP contribution is 2.22. The fourth-order valence-electron chi connectivity index (χ4n) is 1.63. The molecule has 0 radical (unpaired) electrons. The summed E-state index contributed by atoms with van der Waals surface area (Å²) >= 11 is 5.05. The van der Waals surface area contributed by atoms with Gasteiger partial charge in [-0.15, -0.1) is 0 Å². The van der Waals surface area contributed by atoms with Crippen LogP contribution in [0.4, 0.5) is 13.2 Å². The van der Waals surface area contributed by atoms with Crippen LogP contribution in [0.2, 0.25) is 0 Å². The molecule has 0 fully saturated rings. The minimum absolute atomic E-state index is 0.00132. The van der Waals surface area contributed by atoms with Crippen molar-refractivity contribution in [3.8, 4) is 0 Å². The number of fused-ring (bicyclic) bond motifs is 1. The van der Waals surface area contributed by atoms with Gasteiger partial charge in [0.1, 0.15) is 0 Å². The summed E-state index contributed by atoms with van der Waals surface area (Å²) < 4.78 is 38.1. The third-order valence-electron chi connectivity index (χ3n) is 2.37. The number of imidazole rings is 1. The van der Waals surface area contributed by atoms with Crippen molar-refractivity contribution in [3.63, 3.8) is 0 Å². The van der Waals surface area contributed by atoms with Crippen LogP contribution in [0.5, 0.6) is 0 Å². The lowest BCUT2D eigenvalue weighted by molar-refractivity contribution is -0.135. The minimum atomic E-state index is -4.12. The SMILES string of the molecule is FC(F)(F)CCCn1c(=S)[nH]c2cccnc21. The number of pyridine rings is 1. The van der Waals surface area contributed by atoms with Gasteiger partial charge in [0.05, 0.1) is 5.52 Å². The molecule has 0 aliphatic carbocycles. The molecule has 0 unspecified atom stereocenters. The van der Waals surface area contributed by atoms with Gasteiger partial charge < -0.3 is 9.55 Å². The minimum Gasteiger partial charge on any atom is -0.329 e. The summed E-state index contributed by atoms with van der Waals surface area (Å²) in [5.74, 6) is 0.